The van der Waals surface area contributed by atoms with Crippen LogP contribution in [0.4, 0.5) is 15.9 Å². The van der Waals surface area contributed by atoms with E-state index in [1.54, 1.807) is 47.3 Å². The maximum absolute atomic E-state index is 13.1. The van der Waals surface area contributed by atoms with Crippen LogP contribution >= 0.6 is 0 Å². The molecule has 0 radical (unpaired) electrons. The molecule has 0 saturated heterocycles. The first-order chi connectivity index (χ1) is 16.7. The molecule has 0 spiro atoms. The van der Waals surface area contributed by atoms with Gasteiger partial charge in [0.05, 0.1) is 28.7 Å². The van der Waals surface area contributed by atoms with Crippen molar-refractivity contribution in [2.24, 2.45) is 10.7 Å². The van der Waals surface area contributed by atoms with Crippen LogP contribution in [0.2, 0.25) is 0 Å². The lowest BCUT2D eigenvalue weighted by Crippen LogP contribution is -2.22. The Bertz CT molecular complexity index is 1210. The molecule has 184 valence electrons. The van der Waals surface area contributed by atoms with Gasteiger partial charge in [0.2, 0.25) is 0 Å². The molecule has 0 aliphatic rings. The van der Waals surface area contributed by atoms with Gasteiger partial charge in [0.25, 0.3) is 0 Å². The minimum atomic E-state index is -0.424. The Morgan fingerprint density at radius 1 is 1.20 bits per heavy atom. The molecule has 0 atom stereocenters. The highest BCUT2D eigenvalue weighted by Crippen LogP contribution is 2.36. The molecule has 0 unspecified atom stereocenters. The summed E-state index contributed by atoms with van der Waals surface area (Å²) in [7, 11) is 1.50. The van der Waals surface area contributed by atoms with Crippen molar-refractivity contribution in [3.8, 4) is 17.0 Å². The minimum absolute atomic E-state index is 0.107. The zero-order valence-corrected chi connectivity index (χ0v) is 20.4. The van der Waals surface area contributed by atoms with Crippen LogP contribution in [0.15, 0.2) is 66.3 Å². The highest BCUT2D eigenvalue weighted by molar-refractivity contribution is 5.93. The number of benzene rings is 1. The molecule has 0 aliphatic heterocycles. The van der Waals surface area contributed by atoms with E-state index in [1.165, 1.54) is 19.2 Å². The summed E-state index contributed by atoms with van der Waals surface area (Å²) in [5, 5.41) is 4.70. The number of nitrogens with zero attached hydrogens (tertiary/aromatic N) is 4. The van der Waals surface area contributed by atoms with Gasteiger partial charge in [-0.1, -0.05) is 24.8 Å². The summed E-state index contributed by atoms with van der Waals surface area (Å²) in [4.78, 5) is 20.5. The molecule has 0 amide bonds. The minimum Gasteiger partial charge on any atom is -0.485 e. The number of pyridine rings is 1. The number of hydrogen-bond acceptors (Lipinski definition) is 7. The summed E-state index contributed by atoms with van der Waals surface area (Å²) in [5.41, 5.74) is 12.6. The van der Waals surface area contributed by atoms with E-state index < -0.39 is 11.4 Å². The number of aromatic nitrogens is 3. The van der Waals surface area contributed by atoms with Crippen molar-refractivity contribution in [3.63, 3.8) is 0 Å². The summed E-state index contributed by atoms with van der Waals surface area (Å²) in [5.74, 6) is 0.422. The van der Waals surface area contributed by atoms with E-state index in [2.05, 4.69) is 22.3 Å². The number of aldehydes is 1. The second kappa shape index (κ2) is 12.4. The molecule has 2 heterocycles. The summed E-state index contributed by atoms with van der Waals surface area (Å²) in [6, 6.07) is 8.02. The Hall–Kier alpha value is -4.11. The molecule has 0 bridgehead atoms. The predicted molar refractivity (Wildman–Crippen MR) is 139 cm³/mol. The van der Waals surface area contributed by atoms with Gasteiger partial charge < -0.3 is 16.2 Å². The molecule has 0 fully saturated rings. The quantitative estimate of drug-likeness (QED) is 0.207. The van der Waals surface area contributed by atoms with Gasteiger partial charge >= 0.3 is 0 Å². The number of nitrogen functional groups attached to an aromatic ring is 1. The van der Waals surface area contributed by atoms with E-state index in [1.807, 2.05) is 20.8 Å². The van der Waals surface area contributed by atoms with E-state index in [0.717, 1.165) is 12.5 Å². The molecule has 1 aromatic carbocycles. The standard InChI is InChI=1S/C25H26FN5O2.CH5N/c1-5-6-7-12-28-24-20(15-32)23(30-31(24)25(2,3)4)17-8-11-21(27)22(13-17)33-16-19-10-9-18(26)14-29-19;1-2/h5-15H,1,16,27H2,2-4H3;2H2,1H3/b7-6-,28-12-;. The molecule has 3 rings (SSSR count). The lowest BCUT2D eigenvalue weighted by atomic mass is 10.1. The SMILES string of the molecule is C=C/C=C\C=N/c1c(C=O)c(-c2ccc(N)c(OCc3ccc(F)cn3)c2)nn1C(C)(C)C.CN. The first-order valence-corrected chi connectivity index (χ1v) is 10.9. The monoisotopic (exact) mass is 478 g/mol. The first kappa shape index (κ1) is 27.1. The summed E-state index contributed by atoms with van der Waals surface area (Å²) in [6.45, 7) is 9.66. The van der Waals surface area contributed by atoms with Crippen LogP contribution in [0.25, 0.3) is 11.3 Å². The third kappa shape index (κ3) is 6.94. The van der Waals surface area contributed by atoms with Gasteiger partial charge in [-0.05, 0) is 58.2 Å². The van der Waals surface area contributed by atoms with Crippen LogP contribution in [0.3, 0.4) is 0 Å². The zero-order chi connectivity index (χ0) is 26.0. The number of aliphatic imine (C=N–C) groups is 1. The van der Waals surface area contributed by atoms with E-state index >= 15 is 0 Å². The maximum Gasteiger partial charge on any atom is 0.162 e. The lowest BCUT2D eigenvalue weighted by Gasteiger charge is -2.20. The number of allylic oxidation sites excluding steroid dienone is 3. The normalized spacial score (nSPS) is 11.4. The van der Waals surface area contributed by atoms with Crippen molar-refractivity contribution in [3.05, 3.63) is 78.4 Å². The second-order valence-corrected chi connectivity index (χ2v) is 8.19. The van der Waals surface area contributed by atoms with Gasteiger partial charge in [0.1, 0.15) is 23.9 Å². The Balaban J connectivity index is 0.00000210. The largest absolute Gasteiger partial charge is 0.485 e. The lowest BCUT2D eigenvalue weighted by molar-refractivity contribution is 0.112. The van der Waals surface area contributed by atoms with Gasteiger partial charge in [0, 0.05) is 11.8 Å². The fourth-order valence-electron chi connectivity index (χ4n) is 3.03. The highest BCUT2D eigenvalue weighted by Gasteiger charge is 2.25. The first-order valence-electron chi connectivity index (χ1n) is 10.9. The molecular weight excluding hydrogens is 447 g/mol. The van der Waals surface area contributed by atoms with E-state index in [0.29, 0.717) is 39.8 Å². The number of carbonyl (C=O) groups excluding carboxylic acids is 1. The van der Waals surface area contributed by atoms with E-state index in [-0.39, 0.29) is 6.61 Å². The molecule has 0 aliphatic carbocycles. The molecule has 0 saturated carbocycles. The number of halogens is 1. The molecule has 9 heteroatoms. The van der Waals surface area contributed by atoms with Gasteiger partial charge in [0.15, 0.2) is 12.1 Å². The third-order valence-electron chi connectivity index (χ3n) is 4.63. The summed E-state index contributed by atoms with van der Waals surface area (Å²) >= 11 is 0. The van der Waals surface area contributed by atoms with Crippen LogP contribution in [-0.2, 0) is 12.1 Å². The van der Waals surface area contributed by atoms with E-state index in [9.17, 15) is 9.18 Å². The van der Waals surface area contributed by atoms with Crippen molar-refractivity contribution in [2.75, 3.05) is 12.8 Å². The van der Waals surface area contributed by atoms with Crippen molar-refractivity contribution in [1.82, 2.24) is 14.8 Å². The van der Waals surface area contributed by atoms with Gasteiger partial charge in [-0.2, -0.15) is 5.10 Å². The van der Waals surface area contributed by atoms with Gasteiger partial charge in [-0.15, -0.1) is 0 Å². The number of anilines is 1. The number of hydrogen-bond donors (Lipinski definition) is 2. The van der Waals surface area contributed by atoms with Crippen molar-refractivity contribution >= 4 is 24.0 Å². The van der Waals surface area contributed by atoms with Crippen LogP contribution < -0.4 is 16.2 Å². The van der Waals surface area contributed by atoms with Gasteiger partial charge in [-0.25, -0.2) is 14.1 Å². The van der Waals surface area contributed by atoms with Crippen LogP contribution in [0.5, 0.6) is 5.75 Å². The third-order valence-corrected chi connectivity index (χ3v) is 4.63. The number of nitrogens with two attached hydrogens (primary N) is 2. The fraction of sp³-hybridized carbons (Fsp3) is 0.231. The maximum atomic E-state index is 13.1. The fourth-order valence-corrected chi connectivity index (χ4v) is 3.03. The molecular formula is C26H31FN6O2. The highest BCUT2D eigenvalue weighted by atomic mass is 19.1. The van der Waals surface area contributed by atoms with Gasteiger partial charge in [-0.3, -0.25) is 9.78 Å². The smallest absolute Gasteiger partial charge is 0.162 e. The summed E-state index contributed by atoms with van der Waals surface area (Å²) in [6.07, 6.45) is 8.55. The Kier molecular flexibility index (Phi) is 9.60. The number of rotatable bonds is 8. The molecule has 35 heavy (non-hydrogen) atoms. The molecule has 8 nitrogen and oxygen atoms in total. The molecule has 3 aromatic rings. The average molecular weight is 479 g/mol. The average Bonchev–Trinajstić information content (AvgIpc) is 3.22. The van der Waals surface area contributed by atoms with Crippen LogP contribution in [0, 0.1) is 5.82 Å². The Morgan fingerprint density at radius 3 is 2.54 bits per heavy atom. The summed E-state index contributed by atoms with van der Waals surface area (Å²) < 4.78 is 20.6. The van der Waals surface area contributed by atoms with Crippen LogP contribution in [0.1, 0.15) is 36.8 Å². The Labute approximate surface area is 204 Å². The molecule has 4 N–H and O–H groups in total. The van der Waals surface area contributed by atoms with E-state index in [4.69, 9.17) is 15.6 Å². The van der Waals surface area contributed by atoms with Crippen molar-refractivity contribution in [1.29, 1.82) is 0 Å². The zero-order valence-electron chi connectivity index (χ0n) is 20.4. The molecule has 2 aromatic heterocycles. The van der Waals surface area contributed by atoms with Crippen molar-refractivity contribution < 1.29 is 13.9 Å². The topological polar surface area (TPSA) is 121 Å². The van der Waals surface area contributed by atoms with Crippen LogP contribution in [-0.4, -0.2) is 34.3 Å². The number of carbonyl (C=O) groups is 1. The Morgan fingerprint density at radius 2 is 1.94 bits per heavy atom. The second-order valence-electron chi connectivity index (χ2n) is 8.19. The predicted octanol–water partition coefficient (Wildman–Crippen LogP) is 4.83. The number of ether oxygens (including phenoxy) is 1. The van der Waals surface area contributed by atoms with Crippen molar-refractivity contribution in [2.45, 2.75) is 32.9 Å².